The van der Waals surface area contributed by atoms with Crippen molar-refractivity contribution < 1.29 is 9.84 Å². The van der Waals surface area contributed by atoms with Crippen molar-refractivity contribution in [3.63, 3.8) is 0 Å². The lowest BCUT2D eigenvalue weighted by molar-refractivity contribution is 0.282. The van der Waals surface area contributed by atoms with Crippen LogP contribution in [0.1, 0.15) is 37.5 Å². The summed E-state index contributed by atoms with van der Waals surface area (Å²) in [4.78, 5) is 0. The smallest absolute Gasteiger partial charge is 0.126 e. The highest BCUT2D eigenvalue weighted by Crippen LogP contribution is 2.42. The number of methoxy groups -OCH3 is 1. The third-order valence-electron chi connectivity index (χ3n) is 4.55. The molecule has 2 aromatic rings. The van der Waals surface area contributed by atoms with Crippen molar-refractivity contribution in [3.05, 3.63) is 53.1 Å². The van der Waals surface area contributed by atoms with Crippen LogP contribution in [0.25, 0.3) is 16.7 Å². The molecule has 1 heterocycles. The number of allylic oxidation sites excluding steroid dienone is 1. The van der Waals surface area contributed by atoms with Crippen molar-refractivity contribution in [1.29, 1.82) is 0 Å². The molecule has 0 fully saturated rings. The van der Waals surface area contributed by atoms with Gasteiger partial charge in [-0.15, -0.1) is 0 Å². The summed E-state index contributed by atoms with van der Waals surface area (Å²) in [6.07, 6.45) is 2.21. The average molecular weight is 323 g/mol. The van der Waals surface area contributed by atoms with Crippen LogP contribution in [0.3, 0.4) is 0 Å². The van der Waals surface area contributed by atoms with E-state index in [1.54, 1.807) is 7.11 Å². The fourth-order valence-corrected chi connectivity index (χ4v) is 3.64. The van der Waals surface area contributed by atoms with Crippen LogP contribution in [0.15, 0.2) is 36.4 Å². The summed E-state index contributed by atoms with van der Waals surface area (Å²) in [6.45, 7) is 8.44. The molecular formula is C21H25NO2. The van der Waals surface area contributed by atoms with Gasteiger partial charge in [0.05, 0.1) is 19.3 Å². The summed E-state index contributed by atoms with van der Waals surface area (Å²) in [5.74, 6) is 0.829. The van der Waals surface area contributed by atoms with E-state index in [-0.39, 0.29) is 12.1 Å². The number of anilines is 1. The minimum atomic E-state index is -0.0904. The molecule has 2 aromatic carbocycles. The van der Waals surface area contributed by atoms with Gasteiger partial charge in [0.2, 0.25) is 0 Å². The Balaban J connectivity index is 2.24. The van der Waals surface area contributed by atoms with Gasteiger partial charge < -0.3 is 15.2 Å². The monoisotopic (exact) mass is 323 g/mol. The van der Waals surface area contributed by atoms with Gasteiger partial charge in [0.1, 0.15) is 5.75 Å². The molecule has 1 aliphatic rings. The number of nitrogens with one attached hydrogen (secondary N) is 1. The van der Waals surface area contributed by atoms with Crippen LogP contribution in [0.5, 0.6) is 5.75 Å². The van der Waals surface area contributed by atoms with E-state index < -0.39 is 0 Å². The molecule has 3 nitrogen and oxygen atoms in total. The Morgan fingerprint density at radius 1 is 1.08 bits per heavy atom. The zero-order valence-electron chi connectivity index (χ0n) is 15.0. The molecule has 0 saturated heterocycles. The SMILES string of the molecule is COc1cc(C)ccc1-c1ccc2c(c1CO)C(C)=CC(C)(C)N2. The van der Waals surface area contributed by atoms with E-state index in [0.717, 1.165) is 39.3 Å². The van der Waals surface area contributed by atoms with E-state index in [0.29, 0.717) is 0 Å². The van der Waals surface area contributed by atoms with E-state index in [4.69, 9.17) is 4.74 Å². The van der Waals surface area contributed by atoms with Gasteiger partial charge in [0.25, 0.3) is 0 Å². The molecule has 0 bridgehead atoms. The lowest BCUT2D eigenvalue weighted by Gasteiger charge is -2.33. The van der Waals surface area contributed by atoms with Crippen LogP contribution in [-0.2, 0) is 6.61 Å². The highest BCUT2D eigenvalue weighted by atomic mass is 16.5. The number of benzene rings is 2. The number of hydrogen-bond donors (Lipinski definition) is 2. The first kappa shape index (κ1) is 16.6. The Morgan fingerprint density at radius 2 is 1.79 bits per heavy atom. The van der Waals surface area contributed by atoms with Crippen molar-refractivity contribution in [2.24, 2.45) is 0 Å². The van der Waals surface area contributed by atoms with Crippen LogP contribution >= 0.6 is 0 Å². The summed E-state index contributed by atoms with van der Waals surface area (Å²) in [6, 6.07) is 10.3. The standard InChI is InChI=1S/C21H25NO2/c1-13-6-7-16(19(10-13)24-5)15-8-9-18-20(17(15)12-23)14(2)11-21(3,4)22-18/h6-11,22-23H,12H2,1-5H3. The molecule has 126 valence electrons. The summed E-state index contributed by atoms with van der Waals surface area (Å²) < 4.78 is 5.57. The number of ether oxygens (including phenoxy) is 1. The fourth-order valence-electron chi connectivity index (χ4n) is 3.64. The molecule has 0 radical (unpaired) electrons. The molecule has 0 unspecified atom stereocenters. The maximum atomic E-state index is 10.1. The number of rotatable bonds is 3. The van der Waals surface area contributed by atoms with Gasteiger partial charge in [-0.25, -0.2) is 0 Å². The fraction of sp³-hybridized carbons (Fsp3) is 0.333. The Hall–Kier alpha value is -2.26. The summed E-state index contributed by atoms with van der Waals surface area (Å²) in [5.41, 5.74) is 7.37. The van der Waals surface area contributed by atoms with Crippen LogP contribution < -0.4 is 10.1 Å². The first-order valence-electron chi connectivity index (χ1n) is 8.26. The quantitative estimate of drug-likeness (QED) is 0.855. The van der Waals surface area contributed by atoms with Crippen molar-refractivity contribution >= 4 is 11.3 Å². The molecule has 0 saturated carbocycles. The summed E-state index contributed by atoms with van der Waals surface area (Å²) in [7, 11) is 1.69. The molecule has 3 heteroatoms. The zero-order valence-corrected chi connectivity index (χ0v) is 15.0. The van der Waals surface area contributed by atoms with Crippen LogP contribution in [0.2, 0.25) is 0 Å². The van der Waals surface area contributed by atoms with Crippen LogP contribution in [0.4, 0.5) is 5.69 Å². The molecule has 0 atom stereocenters. The van der Waals surface area contributed by atoms with E-state index in [2.05, 4.69) is 56.4 Å². The first-order chi connectivity index (χ1) is 11.4. The second kappa shape index (κ2) is 5.99. The van der Waals surface area contributed by atoms with Crippen LogP contribution in [0, 0.1) is 6.92 Å². The lowest BCUT2D eigenvalue weighted by Crippen LogP contribution is -2.31. The van der Waals surface area contributed by atoms with Gasteiger partial charge in [-0.05, 0) is 62.1 Å². The number of fused-ring (bicyclic) bond motifs is 1. The van der Waals surface area contributed by atoms with E-state index >= 15 is 0 Å². The van der Waals surface area contributed by atoms with Crippen molar-refractivity contribution in [2.45, 2.75) is 39.8 Å². The van der Waals surface area contributed by atoms with E-state index in [1.807, 2.05) is 13.0 Å². The van der Waals surface area contributed by atoms with E-state index in [1.165, 1.54) is 5.57 Å². The number of aliphatic hydroxyl groups is 1. The second-order valence-electron chi connectivity index (χ2n) is 7.05. The minimum absolute atomic E-state index is 0.0111. The van der Waals surface area contributed by atoms with Gasteiger partial charge in [-0.3, -0.25) is 0 Å². The predicted octanol–water partition coefficient (Wildman–Crippen LogP) is 4.77. The lowest BCUT2D eigenvalue weighted by atomic mass is 9.85. The number of hydrogen-bond acceptors (Lipinski definition) is 3. The molecular weight excluding hydrogens is 298 g/mol. The topological polar surface area (TPSA) is 41.5 Å². The zero-order chi connectivity index (χ0) is 17.5. The molecule has 0 amide bonds. The molecule has 0 aliphatic carbocycles. The average Bonchev–Trinajstić information content (AvgIpc) is 2.52. The van der Waals surface area contributed by atoms with Gasteiger partial charge >= 0.3 is 0 Å². The highest BCUT2D eigenvalue weighted by molar-refractivity contribution is 5.88. The Kier molecular flexibility index (Phi) is 4.14. The van der Waals surface area contributed by atoms with Gasteiger partial charge in [0.15, 0.2) is 0 Å². The van der Waals surface area contributed by atoms with E-state index in [9.17, 15) is 5.11 Å². The third kappa shape index (κ3) is 2.80. The van der Waals surface area contributed by atoms with Gasteiger partial charge in [0, 0.05) is 16.8 Å². The Labute approximate surface area is 144 Å². The summed E-state index contributed by atoms with van der Waals surface area (Å²) in [5, 5.41) is 13.6. The normalized spacial score (nSPS) is 15.3. The van der Waals surface area contributed by atoms with Crippen molar-refractivity contribution in [2.75, 3.05) is 12.4 Å². The molecule has 0 aromatic heterocycles. The maximum absolute atomic E-state index is 10.1. The van der Waals surface area contributed by atoms with Gasteiger partial charge in [-0.2, -0.15) is 0 Å². The third-order valence-corrected chi connectivity index (χ3v) is 4.55. The Bertz CT molecular complexity index is 819. The predicted molar refractivity (Wildman–Crippen MR) is 100 cm³/mol. The molecule has 24 heavy (non-hydrogen) atoms. The second-order valence-corrected chi connectivity index (χ2v) is 7.05. The highest BCUT2D eigenvalue weighted by Gasteiger charge is 2.26. The first-order valence-corrected chi connectivity index (χ1v) is 8.26. The van der Waals surface area contributed by atoms with Crippen molar-refractivity contribution in [3.8, 4) is 16.9 Å². The minimum Gasteiger partial charge on any atom is -0.496 e. The molecule has 1 aliphatic heterocycles. The maximum Gasteiger partial charge on any atom is 0.126 e. The molecule has 0 spiro atoms. The Morgan fingerprint density at radius 3 is 2.46 bits per heavy atom. The van der Waals surface area contributed by atoms with Gasteiger partial charge in [-0.1, -0.05) is 24.3 Å². The number of aryl methyl sites for hydroxylation is 1. The molecule has 3 rings (SSSR count). The van der Waals surface area contributed by atoms with Crippen LogP contribution in [-0.4, -0.2) is 17.8 Å². The summed E-state index contributed by atoms with van der Waals surface area (Å²) >= 11 is 0. The van der Waals surface area contributed by atoms with Crippen molar-refractivity contribution in [1.82, 2.24) is 0 Å². The molecule has 2 N–H and O–H groups in total. The largest absolute Gasteiger partial charge is 0.496 e. The number of aliphatic hydroxyl groups excluding tert-OH is 1.